The molecule has 0 aliphatic heterocycles. The highest BCUT2D eigenvalue weighted by Gasteiger charge is 2.13. The third kappa shape index (κ3) is 5.43. The number of para-hydroxylation sites is 1. The van der Waals surface area contributed by atoms with Crippen LogP contribution in [0.2, 0.25) is 0 Å². The summed E-state index contributed by atoms with van der Waals surface area (Å²) in [4.78, 5) is 28.4. The molecule has 0 fully saturated rings. The lowest BCUT2D eigenvalue weighted by atomic mass is 10.2. The van der Waals surface area contributed by atoms with Crippen LogP contribution in [0.25, 0.3) is 10.6 Å². The van der Waals surface area contributed by atoms with Crippen LogP contribution in [0.3, 0.4) is 0 Å². The average Bonchev–Trinajstić information content (AvgIpc) is 3.37. The van der Waals surface area contributed by atoms with E-state index >= 15 is 0 Å². The molecular weight excluding hydrogens is 378 g/mol. The fourth-order valence-electron chi connectivity index (χ4n) is 2.50. The molecule has 0 aliphatic rings. The minimum atomic E-state index is -0.283. The molecule has 2 heterocycles. The van der Waals surface area contributed by atoms with Crippen LogP contribution in [-0.2, 0) is 22.6 Å². The van der Waals surface area contributed by atoms with Gasteiger partial charge in [-0.2, -0.15) is 0 Å². The topological polar surface area (TPSA) is 93.5 Å². The number of benzene rings is 1. The number of furan rings is 1. The molecule has 3 rings (SSSR count). The standard InChI is InChI=1S/C20H21N3O4S/c1-2-26-17-8-4-3-7-16(17)20-23-14(13-28-20)10-18(24)22-12-19(25)21-11-15-6-5-9-27-15/h3-9,13H,2,10-12H2,1H3,(H,21,25)(H,22,24). The van der Waals surface area contributed by atoms with Crippen LogP contribution in [-0.4, -0.2) is 29.9 Å². The third-order valence-corrected chi connectivity index (χ3v) is 4.72. The number of nitrogens with zero attached hydrogens (tertiary/aromatic N) is 1. The summed E-state index contributed by atoms with van der Waals surface area (Å²) in [5.74, 6) is 0.878. The Morgan fingerprint density at radius 2 is 2.00 bits per heavy atom. The minimum absolute atomic E-state index is 0.0935. The van der Waals surface area contributed by atoms with Crippen molar-refractivity contribution < 1.29 is 18.7 Å². The molecule has 7 nitrogen and oxygen atoms in total. The average molecular weight is 399 g/mol. The number of ether oxygens (including phenoxy) is 1. The molecule has 2 amide bonds. The van der Waals surface area contributed by atoms with Gasteiger partial charge in [-0.25, -0.2) is 4.98 Å². The molecule has 0 aliphatic carbocycles. The Morgan fingerprint density at radius 1 is 1.14 bits per heavy atom. The molecule has 0 saturated carbocycles. The van der Waals surface area contributed by atoms with E-state index in [9.17, 15) is 9.59 Å². The van der Waals surface area contributed by atoms with E-state index in [0.29, 0.717) is 18.1 Å². The van der Waals surface area contributed by atoms with Crippen molar-refractivity contribution in [3.63, 3.8) is 0 Å². The van der Waals surface area contributed by atoms with Crippen LogP contribution in [0.5, 0.6) is 5.75 Å². The highest BCUT2D eigenvalue weighted by atomic mass is 32.1. The first-order chi connectivity index (χ1) is 13.7. The first-order valence-electron chi connectivity index (χ1n) is 8.88. The van der Waals surface area contributed by atoms with E-state index in [-0.39, 0.29) is 31.3 Å². The molecule has 146 valence electrons. The molecule has 3 aromatic rings. The Kier molecular flexibility index (Phi) is 6.80. The Bertz CT molecular complexity index is 921. The lowest BCUT2D eigenvalue weighted by molar-refractivity contribution is -0.125. The SMILES string of the molecule is CCOc1ccccc1-c1nc(CC(=O)NCC(=O)NCc2ccco2)cs1. The zero-order chi connectivity index (χ0) is 19.8. The van der Waals surface area contributed by atoms with Crippen LogP contribution < -0.4 is 15.4 Å². The lowest BCUT2D eigenvalue weighted by Crippen LogP contribution is -2.37. The maximum absolute atomic E-state index is 12.1. The number of hydrogen-bond donors (Lipinski definition) is 2. The van der Waals surface area contributed by atoms with E-state index in [1.807, 2.05) is 36.6 Å². The lowest BCUT2D eigenvalue weighted by Gasteiger charge is -2.07. The number of nitrogens with one attached hydrogen (secondary N) is 2. The second-order valence-corrected chi connectivity index (χ2v) is 6.74. The van der Waals surface area contributed by atoms with Crippen LogP contribution >= 0.6 is 11.3 Å². The van der Waals surface area contributed by atoms with Gasteiger partial charge in [0, 0.05) is 5.38 Å². The molecule has 0 spiro atoms. The molecule has 28 heavy (non-hydrogen) atoms. The van der Waals surface area contributed by atoms with Crippen molar-refractivity contribution in [3.8, 4) is 16.3 Å². The second kappa shape index (κ2) is 9.70. The maximum Gasteiger partial charge on any atom is 0.239 e. The molecule has 2 N–H and O–H groups in total. The van der Waals surface area contributed by atoms with E-state index in [4.69, 9.17) is 9.15 Å². The van der Waals surface area contributed by atoms with E-state index < -0.39 is 0 Å². The van der Waals surface area contributed by atoms with Gasteiger partial charge in [0.05, 0.1) is 43.6 Å². The fraction of sp³-hybridized carbons (Fsp3) is 0.250. The zero-order valence-corrected chi connectivity index (χ0v) is 16.3. The van der Waals surface area contributed by atoms with Gasteiger partial charge >= 0.3 is 0 Å². The summed E-state index contributed by atoms with van der Waals surface area (Å²) in [7, 11) is 0. The van der Waals surface area contributed by atoms with E-state index in [1.165, 1.54) is 17.6 Å². The summed E-state index contributed by atoms with van der Waals surface area (Å²) >= 11 is 1.45. The van der Waals surface area contributed by atoms with Gasteiger partial charge in [0.25, 0.3) is 0 Å². The van der Waals surface area contributed by atoms with Gasteiger partial charge in [0.15, 0.2) is 0 Å². The van der Waals surface area contributed by atoms with Crippen molar-refractivity contribution in [2.45, 2.75) is 19.9 Å². The molecular formula is C20H21N3O4S. The molecule has 0 bridgehead atoms. The van der Waals surface area contributed by atoms with Crippen molar-refractivity contribution in [2.75, 3.05) is 13.2 Å². The number of carbonyl (C=O) groups is 2. The zero-order valence-electron chi connectivity index (χ0n) is 15.4. The van der Waals surface area contributed by atoms with Crippen molar-refractivity contribution in [3.05, 3.63) is 59.5 Å². The van der Waals surface area contributed by atoms with Gasteiger partial charge in [-0.1, -0.05) is 12.1 Å². The van der Waals surface area contributed by atoms with Gasteiger partial charge in [0.2, 0.25) is 11.8 Å². The predicted molar refractivity (Wildman–Crippen MR) is 106 cm³/mol. The van der Waals surface area contributed by atoms with Crippen molar-refractivity contribution in [2.24, 2.45) is 0 Å². The summed E-state index contributed by atoms with van der Waals surface area (Å²) in [6, 6.07) is 11.2. The van der Waals surface area contributed by atoms with E-state index in [2.05, 4.69) is 15.6 Å². The van der Waals surface area contributed by atoms with Crippen LogP contribution in [0, 0.1) is 0 Å². The first-order valence-corrected chi connectivity index (χ1v) is 9.76. The summed E-state index contributed by atoms with van der Waals surface area (Å²) in [6.07, 6.45) is 1.65. The summed E-state index contributed by atoms with van der Waals surface area (Å²) in [6.45, 7) is 2.69. The smallest absolute Gasteiger partial charge is 0.239 e. The maximum atomic E-state index is 12.1. The van der Waals surface area contributed by atoms with Gasteiger partial charge < -0.3 is 19.8 Å². The molecule has 0 unspecified atom stereocenters. The highest BCUT2D eigenvalue weighted by Crippen LogP contribution is 2.32. The molecule has 2 aromatic heterocycles. The number of hydrogen-bond acceptors (Lipinski definition) is 6. The van der Waals surface area contributed by atoms with Crippen LogP contribution in [0.1, 0.15) is 18.4 Å². The highest BCUT2D eigenvalue weighted by molar-refractivity contribution is 7.13. The van der Waals surface area contributed by atoms with Gasteiger partial charge in [-0.3, -0.25) is 9.59 Å². The Labute approximate surface area is 166 Å². The monoisotopic (exact) mass is 399 g/mol. The summed E-state index contributed by atoms with van der Waals surface area (Å²) in [5.41, 5.74) is 1.55. The largest absolute Gasteiger partial charge is 0.493 e. The van der Waals surface area contributed by atoms with Crippen molar-refractivity contribution in [1.82, 2.24) is 15.6 Å². The molecule has 8 heteroatoms. The van der Waals surface area contributed by atoms with E-state index in [1.54, 1.807) is 12.1 Å². The number of thiazole rings is 1. The Balaban J connectivity index is 1.49. The summed E-state index contributed by atoms with van der Waals surface area (Å²) < 4.78 is 10.8. The number of amides is 2. The van der Waals surface area contributed by atoms with Crippen LogP contribution in [0.4, 0.5) is 0 Å². The van der Waals surface area contributed by atoms with Gasteiger partial charge in [0.1, 0.15) is 16.5 Å². The van der Waals surface area contributed by atoms with Gasteiger partial charge in [-0.15, -0.1) is 11.3 Å². The third-order valence-electron chi connectivity index (χ3n) is 3.80. The minimum Gasteiger partial charge on any atom is -0.493 e. The Hall–Kier alpha value is -3.13. The fourth-order valence-corrected chi connectivity index (χ4v) is 3.35. The molecule has 1 aromatic carbocycles. The van der Waals surface area contributed by atoms with Crippen molar-refractivity contribution >= 4 is 23.2 Å². The Morgan fingerprint density at radius 3 is 2.79 bits per heavy atom. The van der Waals surface area contributed by atoms with E-state index in [0.717, 1.165) is 16.3 Å². The quantitative estimate of drug-likeness (QED) is 0.577. The van der Waals surface area contributed by atoms with Crippen LogP contribution in [0.15, 0.2) is 52.5 Å². The second-order valence-electron chi connectivity index (χ2n) is 5.88. The molecule has 0 saturated heterocycles. The molecule has 0 atom stereocenters. The van der Waals surface area contributed by atoms with Crippen molar-refractivity contribution in [1.29, 1.82) is 0 Å². The predicted octanol–water partition coefficient (Wildman–Crippen LogP) is 2.78. The normalized spacial score (nSPS) is 10.5. The summed E-state index contributed by atoms with van der Waals surface area (Å²) in [5, 5.41) is 7.91. The molecule has 0 radical (unpaired) electrons. The number of rotatable bonds is 9. The first kappa shape index (κ1) is 19.6. The van der Waals surface area contributed by atoms with Gasteiger partial charge in [-0.05, 0) is 31.2 Å². The number of aromatic nitrogens is 1. The number of carbonyl (C=O) groups excluding carboxylic acids is 2.